The summed E-state index contributed by atoms with van der Waals surface area (Å²) in [6.45, 7) is 6.82. The number of nitrogens with zero attached hydrogens (tertiary/aromatic N) is 4. The van der Waals surface area contributed by atoms with E-state index in [-0.39, 0.29) is 0 Å². The van der Waals surface area contributed by atoms with Gasteiger partial charge in [0.2, 0.25) is 0 Å². The molecule has 1 N–H and O–H groups in total. The Morgan fingerprint density at radius 2 is 1.95 bits per heavy atom. The zero-order chi connectivity index (χ0) is 14.1. The molecule has 20 heavy (non-hydrogen) atoms. The van der Waals surface area contributed by atoms with Gasteiger partial charge in [-0.3, -0.25) is 4.40 Å². The predicted molar refractivity (Wildman–Crippen MR) is 79.9 cm³/mol. The van der Waals surface area contributed by atoms with Gasteiger partial charge in [0.25, 0.3) is 0 Å². The summed E-state index contributed by atoms with van der Waals surface area (Å²) in [4.78, 5) is 13.7. The van der Waals surface area contributed by atoms with Crippen LogP contribution in [0.3, 0.4) is 0 Å². The fourth-order valence-corrected chi connectivity index (χ4v) is 2.21. The summed E-state index contributed by atoms with van der Waals surface area (Å²) < 4.78 is 2.03. The fourth-order valence-electron chi connectivity index (χ4n) is 2.21. The highest BCUT2D eigenvalue weighted by atomic mass is 15.1. The quantitative estimate of drug-likeness (QED) is 0.792. The largest absolute Gasteiger partial charge is 0.368 e. The zero-order valence-corrected chi connectivity index (χ0v) is 11.9. The van der Waals surface area contributed by atoms with Crippen LogP contribution in [0.1, 0.15) is 18.3 Å². The van der Waals surface area contributed by atoms with Gasteiger partial charge in [0.05, 0.1) is 17.1 Å². The number of rotatable bonds is 3. The molecule has 0 fully saturated rings. The molecule has 102 valence electrons. The molecule has 0 aliphatic carbocycles. The van der Waals surface area contributed by atoms with Crippen LogP contribution in [0.15, 0.2) is 30.6 Å². The number of aromatic nitrogens is 4. The fraction of sp³-hybridized carbons (Fsp3) is 0.267. The lowest BCUT2D eigenvalue weighted by molar-refractivity contribution is 1.02. The number of nitrogens with one attached hydrogen (secondary N) is 1. The van der Waals surface area contributed by atoms with E-state index in [2.05, 4.69) is 22.2 Å². The Kier molecular flexibility index (Phi) is 3.10. The third kappa shape index (κ3) is 2.01. The van der Waals surface area contributed by atoms with Crippen LogP contribution in [-0.2, 0) is 0 Å². The lowest BCUT2D eigenvalue weighted by Gasteiger charge is -2.13. The SMILES string of the molecule is CCNc1nc(C)c(C)nc1-c1cccc2nccn12. The molecule has 0 bridgehead atoms. The van der Waals surface area contributed by atoms with E-state index < -0.39 is 0 Å². The second-order valence-electron chi connectivity index (χ2n) is 4.69. The molecule has 0 spiro atoms. The second kappa shape index (κ2) is 4.92. The van der Waals surface area contributed by atoms with Crippen LogP contribution in [-0.4, -0.2) is 25.9 Å². The molecular formula is C15H17N5. The number of pyridine rings is 1. The third-order valence-electron chi connectivity index (χ3n) is 3.32. The minimum atomic E-state index is 0.810. The Morgan fingerprint density at radius 3 is 2.75 bits per heavy atom. The number of hydrogen-bond donors (Lipinski definition) is 1. The maximum Gasteiger partial charge on any atom is 0.154 e. The highest BCUT2D eigenvalue weighted by Crippen LogP contribution is 2.26. The van der Waals surface area contributed by atoms with Crippen molar-refractivity contribution in [3.05, 3.63) is 42.0 Å². The number of aryl methyl sites for hydroxylation is 2. The first-order valence-electron chi connectivity index (χ1n) is 6.72. The van der Waals surface area contributed by atoms with Gasteiger partial charge in [-0.1, -0.05) is 6.07 Å². The number of anilines is 1. The van der Waals surface area contributed by atoms with E-state index in [4.69, 9.17) is 4.98 Å². The monoisotopic (exact) mass is 267 g/mol. The van der Waals surface area contributed by atoms with Crippen LogP contribution in [0.2, 0.25) is 0 Å². The molecule has 0 saturated heterocycles. The van der Waals surface area contributed by atoms with Gasteiger partial charge in [-0.2, -0.15) is 0 Å². The smallest absolute Gasteiger partial charge is 0.154 e. The highest BCUT2D eigenvalue weighted by Gasteiger charge is 2.13. The van der Waals surface area contributed by atoms with E-state index in [1.165, 1.54) is 0 Å². The number of imidazole rings is 1. The molecule has 3 aromatic heterocycles. The van der Waals surface area contributed by atoms with Crippen molar-refractivity contribution in [2.24, 2.45) is 0 Å². The van der Waals surface area contributed by atoms with Crippen LogP contribution in [0.4, 0.5) is 5.82 Å². The molecule has 0 atom stereocenters. The molecule has 5 heteroatoms. The molecule has 5 nitrogen and oxygen atoms in total. The lowest BCUT2D eigenvalue weighted by Crippen LogP contribution is -2.07. The third-order valence-corrected chi connectivity index (χ3v) is 3.32. The molecule has 0 radical (unpaired) electrons. The Bertz CT molecular complexity index is 760. The van der Waals surface area contributed by atoms with E-state index in [1.807, 2.05) is 42.6 Å². The normalized spacial score (nSPS) is 10.9. The molecular weight excluding hydrogens is 250 g/mol. The van der Waals surface area contributed by atoms with E-state index in [0.29, 0.717) is 0 Å². The van der Waals surface area contributed by atoms with Crippen molar-refractivity contribution in [2.45, 2.75) is 20.8 Å². The Balaban J connectivity index is 2.27. The molecule has 3 heterocycles. The zero-order valence-electron chi connectivity index (χ0n) is 11.9. The van der Waals surface area contributed by atoms with Gasteiger partial charge in [0.1, 0.15) is 11.3 Å². The Labute approximate surface area is 117 Å². The van der Waals surface area contributed by atoms with Gasteiger partial charge < -0.3 is 5.32 Å². The van der Waals surface area contributed by atoms with Gasteiger partial charge in [0.15, 0.2) is 5.82 Å². The number of fused-ring (bicyclic) bond motifs is 1. The van der Waals surface area contributed by atoms with Crippen molar-refractivity contribution < 1.29 is 0 Å². The topological polar surface area (TPSA) is 55.1 Å². The molecule has 0 aliphatic heterocycles. The van der Waals surface area contributed by atoms with Crippen molar-refractivity contribution in [2.75, 3.05) is 11.9 Å². The van der Waals surface area contributed by atoms with E-state index in [9.17, 15) is 0 Å². The summed E-state index contributed by atoms with van der Waals surface area (Å²) in [5.74, 6) is 0.816. The standard InChI is InChI=1S/C15H17N5/c1-4-16-15-14(18-10(2)11(3)19-15)12-6-5-7-13-17-8-9-20(12)13/h5-9H,4H2,1-3H3,(H,16,19). The molecule has 0 unspecified atom stereocenters. The van der Waals surface area contributed by atoms with Crippen molar-refractivity contribution in [1.29, 1.82) is 0 Å². The van der Waals surface area contributed by atoms with Crippen molar-refractivity contribution in [1.82, 2.24) is 19.4 Å². The predicted octanol–water partition coefficient (Wildman–Crippen LogP) is 2.84. The first-order chi connectivity index (χ1) is 9.70. The summed E-state index contributed by atoms with van der Waals surface area (Å²) >= 11 is 0. The first kappa shape index (κ1) is 12.6. The minimum absolute atomic E-state index is 0.810. The van der Waals surface area contributed by atoms with Crippen LogP contribution in [0.25, 0.3) is 17.0 Å². The average molecular weight is 267 g/mol. The summed E-state index contributed by atoms with van der Waals surface area (Å²) in [7, 11) is 0. The molecule has 3 rings (SSSR count). The van der Waals surface area contributed by atoms with Crippen LogP contribution >= 0.6 is 0 Å². The summed E-state index contributed by atoms with van der Waals surface area (Å²) in [6, 6.07) is 6.00. The lowest BCUT2D eigenvalue weighted by atomic mass is 10.2. The molecule has 3 aromatic rings. The highest BCUT2D eigenvalue weighted by molar-refractivity contribution is 5.71. The summed E-state index contributed by atoms with van der Waals surface area (Å²) in [5.41, 5.74) is 4.65. The number of hydrogen-bond acceptors (Lipinski definition) is 4. The van der Waals surface area contributed by atoms with Gasteiger partial charge >= 0.3 is 0 Å². The van der Waals surface area contributed by atoms with Crippen LogP contribution in [0.5, 0.6) is 0 Å². The second-order valence-corrected chi connectivity index (χ2v) is 4.69. The van der Waals surface area contributed by atoms with Crippen molar-refractivity contribution >= 4 is 11.5 Å². The maximum atomic E-state index is 4.72. The molecule has 0 saturated carbocycles. The average Bonchev–Trinajstić information content (AvgIpc) is 2.91. The maximum absolute atomic E-state index is 4.72. The van der Waals surface area contributed by atoms with Gasteiger partial charge in [0, 0.05) is 18.9 Å². The van der Waals surface area contributed by atoms with Crippen LogP contribution < -0.4 is 5.32 Å². The molecule has 0 aromatic carbocycles. The Hall–Kier alpha value is -2.43. The molecule has 0 aliphatic rings. The van der Waals surface area contributed by atoms with E-state index >= 15 is 0 Å². The van der Waals surface area contributed by atoms with Crippen molar-refractivity contribution in [3.63, 3.8) is 0 Å². The van der Waals surface area contributed by atoms with E-state index in [0.717, 1.165) is 40.8 Å². The van der Waals surface area contributed by atoms with Gasteiger partial charge in [-0.25, -0.2) is 15.0 Å². The van der Waals surface area contributed by atoms with E-state index in [1.54, 1.807) is 6.20 Å². The van der Waals surface area contributed by atoms with Gasteiger partial charge in [-0.15, -0.1) is 0 Å². The Morgan fingerprint density at radius 1 is 1.15 bits per heavy atom. The van der Waals surface area contributed by atoms with Crippen LogP contribution in [0, 0.1) is 13.8 Å². The summed E-state index contributed by atoms with van der Waals surface area (Å²) in [6.07, 6.45) is 3.73. The first-order valence-corrected chi connectivity index (χ1v) is 6.72. The summed E-state index contributed by atoms with van der Waals surface area (Å²) in [5, 5.41) is 3.29. The minimum Gasteiger partial charge on any atom is -0.368 e. The van der Waals surface area contributed by atoms with Crippen molar-refractivity contribution in [3.8, 4) is 11.4 Å². The molecule has 0 amide bonds. The van der Waals surface area contributed by atoms with Gasteiger partial charge in [-0.05, 0) is 32.9 Å².